The molecule has 0 spiro atoms. The van der Waals surface area contributed by atoms with Crippen LogP contribution >= 0.6 is 24.8 Å². The predicted molar refractivity (Wildman–Crippen MR) is 120 cm³/mol. The summed E-state index contributed by atoms with van der Waals surface area (Å²) >= 11 is 0. The molecule has 29 heavy (non-hydrogen) atoms. The Labute approximate surface area is 183 Å². The van der Waals surface area contributed by atoms with Crippen molar-refractivity contribution in [1.82, 2.24) is 10.3 Å². The quantitative estimate of drug-likeness (QED) is 0.598. The van der Waals surface area contributed by atoms with Crippen molar-refractivity contribution in [3.63, 3.8) is 0 Å². The predicted octanol–water partition coefficient (Wildman–Crippen LogP) is 4.89. The van der Waals surface area contributed by atoms with Gasteiger partial charge in [0.05, 0.1) is 5.56 Å². The molecule has 0 aliphatic carbocycles. The minimum atomic E-state index is -0.272. The molecule has 2 aromatic carbocycles. The van der Waals surface area contributed by atoms with Gasteiger partial charge < -0.3 is 10.1 Å². The van der Waals surface area contributed by atoms with Gasteiger partial charge in [-0.05, 0) is 53.9 Å². The van der Waals surface area contributed by atoms with Crippen molar-refractivity contribution in [3.8, 4) is 11.1 Å². The second kappa shape index (κ2) is 11.0. The Kier molecular flexibility index (Phi) is 8.65. The molecule has 6 heteroatoms. The zero-order chi connectivity index (χ0) is 18.5. The van der Waals surface area contributed by atoms with Crippen LogP contribution in [0.1, 0.15) is 28.3 Å². The van der Waals surface area contributed by atoms with E-state index in [1.807, 2.05) is 54.6 Å². The molecule has 1 N–H and O–H groups in total. The molecule has 1 aliphatic heterocycles. The number of ether oxygens (including phenoxy) is 1. The molecule has 152 valence electrons. The van der Waals surface area contributed by atoms with E-state index in [1.165, 1.54) is 5.56 Å². The van der Waals surface area contributed by atoms with Crippen LogP contribution in [0.4, 0.5) is 0 Å². The molecule has 1 aromatic heterocycles. The molecule has 0 saturated carbocycles. The van der Waals surface area contributed by atoms with Crippen molar-refractivity contribution in [2.45, 2.75) is 18.4 Å². The van der Waals surface area contributed by atoms with Gasteiger partial charge in [0.1, 0.15) is 6.10 Å². The Balaban J connectivity index is 0.00000150. The third kappa shape index (κ3) is 5.57. The lowest BCUT2D eigenvalue weighted by molar-refractivity contribution is 0.0182. The number of aromatic nitrogens is 1. The molecule has 1 saturated heterocycles. The summed E-state index contributed by atoms with van der Waals surface area (Å²) < 4.78 is 5.88. The first-order valence-electron chi connectivity index (χ1n) is 9.28. The standard InChI is InChI=1S/C23H22N2O2.2ClH/c26-23(20-8-6-17(7-9-20)18-10-13-24-14-11-18)27-22-16-25-15-12-21(22)19-4-2-1-3-5-19;;/h1-11,13-14,21-22,25H,12,15-16H2;2*1H/t21-,22+;;/m1../s1. The number of carbonyl (C=O) groups excluding carboxylic acids is 1. The van der Waals surface area contributed by atoms with Gasteiger partial charge in [0.15, 0.2) is 0 Å². The molecule has 4 nitrogen and oxygen atoms in total. The minimum Gasteiger partial charge on any atom is -0.457 e. The van der Waals surface area contributed by atoms with Crippen molar-refractivity contribution in [3.05, 3.63) is 90.3 Å². The third-order valence-corrected chi connectivity index (χ3v) is 5.05. The molecule has 0 unspecified atom stereocenters. The summed E-state index contributed by atoms with van der Waals surface area (Å²) in [5.74, 6) is -0.0431. The summed E-state index contributed by atoms with van der Waals surface area (Å²) in [7, 11) is 0. The van der Waals surface area contributed by atoms with Gasteiger partial charge in [-0.1, -0.05) is 42.5 Å². The third-order valence-electron chi connectivity index (χ3n) is 5.05. The molecule has 3 aromatic rings. The van der Waals surface area contributed by atoms with Gasteiger partial charge in [-0.25, -0.2) is 4.79 Å². The van der Waals surface area contributed by atoms with Crippen molar-refractivity contribution < 1.29 is 9.53 Å². The van der Waals surface area contributed by atoms with E-state index in [0.717, 1.165) is 24.1 Å². The van der Waals surface area contributed by atoms with Crippen molar-refractivity contribution in [1.29, 1.82) is 0 Å². The van der Waals surface area contributed by atoms with Gasteiger partial charge in [-0.15, -0.1) is 24.8 Å². The van der Waals surface area contributed by atoms with Gasteiger partial charge in [-0.3, -0.25) is 4.98 Å². The van der Waals surface area contributed by atoms with E-state index in [0.29, 0.717) is 12.1 Å². The summed E-state index contributed by atoms with van der Waals surface area (Å²) in [6, 6.07) is 21.7. The van der Waals surface area contributed by atoms with Crippen molar-refractivity contribution in [2.75, 3.05) is 13.1 Å². The number of nitrogens with one attached hydrogen (secondary N) is 1. The number of hydrogen-bond acceptors (Lipinski definition) is 4. The van der Waals surface area contributed by atoms with Crippen LogP contribution < -0.4 is 5.32 Å². The molecule has 0 radical (unpaired) electrons. The topological polar surface area (TPSA) is 51.2 Å². The fourth-order valence-corrected chi connectivity index (χ4v) is 3.58. The number of hydrogen-bond donors (Lipinski definition) is 1. The number of halogens is 2. The molecule has 2 atom stereocenters. The van der Waals surface area contributed by atoms with Gasteiger partial charge in [0.2, 0.25) is 0 Å². The fraction of sp³-hybridized carbons (Fsp3) is 0.217. The van der Waals surface area contributed by atoms with Crippen LogP contribution in [0.3, 0.4) is 0 Å². The zero-order valence-electron chi connectivity index (χ0n) is 15.9. The van der Waals surface area contributed by atoms with E-state index in [4.69, 9.17) is 4.74 Å². The lowest BCUT2D eigenvalue weighted by Gasteiger charge is -2.32. The first kappa shape index (κ1) is 22.9. The van der Waals surface area contributed by atoms with Crippen LogP contribution in [-0.4, -0.2) is 30.1 Å². The maximum absolute atomic E-state index is 12.7. The Hall–Kier alpha value is -2.40. The minimum absolute atomic E-state index is 0. The van der Waals surface area contributed by atoms with E-state index in [9.17, 15) is 4.79 Å². The Morgan fingerprint density at radius 2 is 1.55 bits per heavy atom. The van der Waals surface area contributed by atoms with Crippen LogP contribution in [0.5, 0.6) is 0 Å². The molecule has 0 bridgehead atoms. The molecular weight excluding hydrogens is 407 g/mol. The molecule has 1 aliphatic rings. The SMILES string of the molecule is Cl.Cl.O=C(O[C@H]1CNCC[C@@H]1c1ccccc1)c1ccc(-c2ccncc2)cc1. The lowest BCUT2D eigenvalue weighted by Crippen LogP contribution is -2.42. The normalized spacial score (nSPS) is 18.1. The maximum Gasteiger partial charge on any atom is 0.338 e. The highest BCUT2D eigenvalue weighted by Crippen LogP contribution is 2.28. The number of rotatable bonds is 4. The second-order valence-electron chi connectivity index (χ2n) is 6.77. The van der Waals surface area contributed by atoms with E-state index in [2.05, 4.69) is 22.4 Å². The molecule has 2 heterocycles. The van der Waals surface area contributed by atoms with Gasteiger partial charge in [0.25, 0.3) is 0 Å². The Morgan fingerprint density at radius 1 is 0.897 bits per heavy atom. The van der Waals surface area contributed by atoms with E-state index in [-0.39, 0.29) is 42.8 Å². The van der Waals surface area contributed by atoms with E-state index < -0.39 is 0 Å². The zero-order valence-corrected chi connectivity index (χ0v) is 17.5. The van der Waals surface area contributed by atoms with Crippen LogP contribution in [0, 0.1) is 0 Å². The number of piperidine rings is 1. The highest BCUT2D eigenvalue weighted by molar-refractivity contribution is 5.90. The number of pyridine rings is 1. The summed E-state index contributed by atoms with van der Waals surface area (Å²) in [6.07, 6.45) is 4.32. The fourth-order valence-electron chi connectivity index (χ4n) is 3.58. The number of esters is 1. The van der Waals surface area contributed by atoms with E-state index >= 15 is 0 Å². The van der Waals surface area contributed by atoms with Crippen LogP contribution in [0.25, 0.3) is 11.1 Å². The monoisotopic (exact) mass is 430 g/mol. The summed E-state index contributed by atoms with van der Waals surface area (Å²) in [4.78, 5) is 16.7. The smallest absolute Gasteiger partial charge is 0.338 e. The molecule has 0 amide bonds. The number of carbonyl (C=O) groups is 1. The van der Waals surface area contributed by atoms with Crippen LogP contribution in [0.2, 0.25) is 0 Å². The first-order valence-corrected chi connectivity index (χ1v) is 9.28. The van der Waals surface area contributed by atoms with E-state index in [1.54, 1.807) is 12.4 Å². The summed E-state index contributed by atoms with van der Waals surface area (Å²) in [5, 5.41) is 3.34. The number of benzene rings is 2. The lowest BCUT2D eigenvalue weighted by atomic mass is 9.88. The average molecular weight is 431 g/mol. The van der Waals surface area contributed by atoms with Crippen LogP contribution in [-0.2, 0) is 4.74 Å². The molecule has 4 rings (SSSR count). The molecule has 1 fully saturated rings. The first-order chi connectivity index (χ1) is 13.3. The summed E-state index contributed by atoms with van der Waals surface area (Å²) in [5.41, 5.74) is 3.93. The number of nitrogens with zero attached hydrogens (tertiary/aromatic N) is 1. The summed E-state index contributed by atoms with van der Waals surface area (Å²) in [6.45, 7) is 1.62. The molecular formula is C23H24Cl2N2O2. The second-order valence-corrected chi connectivity index (χ2v) is 6.77. The largest absolute Gasteiger partial charge is 0.457 e. The Morgan fingerprint density at radius 3 is 2.24 bits per heavy atom. The van der Waals surface area contributed by atoms with Gasteiger partial charge in [0, 0.05) is 24.9 Å². The maximum atomic E-state index is 12.7. The van der Waals surface area contributed by atoms with Crippen molar-refractivity contribution in [2.24, 2.45) is 0 Å². The Bertz CT molecular complexity index is 890. The van der Waals surface area contributed by atoms with Gasteiger partial charge in [-0.2, -0.15) is 0 Å². The highest BCUT2D eigenvalue weighted by Gasteiger charge is 2.29. The van der Waals surface area contributed by atoms with Crippen molar-refractivity contribution >= 4 is 30.8 Å². The highest BCUT2D eigenvalue weighted by atomic mass is 35.5. The average Bonchev–Trinajstić information content (AvgIpc) is 2.75. The van der Waals surface area contributed by atoms with Crippen LogP contribution in [0.15, 0.2) is 79.1 Å². The van der Waals surface area contributed by atoms with Gasteiger partial charge >= 0.3 is 5.97 Å².